The second-order valence-electron chi connectivity index (χ2n) is 32.8. The number of aliphatic hydroxyl groups excluding tert-OH is 2. The van der Waals surface area contributed by atoms with Crippen molar-refractivity contribution >= 4 is 85.8 Å². The average molecular weight is 1850 g/mol. The Labute approximate surface area is 772 Å². The molecule has 0 amide bonds. The van der Waals surface area contributed by atoms with Gasteiger partial charge in [-0.05, 0) is 169 Å². The SMILES string of the molecule is C=C1NC[C@@H](CC)Oc2ccc(F)cc2[C@@H](C)Nc2ccn3ncc1c3n2.C=C1NC[C@@H](CO)Oc2ccc(F)cc2[C@@H](C)Nc2ccn3ncc1c3n2.C=C1NC[C@H](CC)Oc2ccc(F)cc2[C@@H](C)Nc2ccn3ncc1c3n2.C=C1NC[C@H](CF)Oc2ccc(F)cc2[C@@H](C)Nc2ccn3ncc1c3n2.C=C1NC[C@H](CO)Oc2ccc(F)cc2[C@@H](C)Nc2ccn3ncc1c3n2. The minimum Gasteiger partial charge on any atom is -0.488 e. The van der Waals surface area contributed by atoms with Crippen LogP contribution in [0.1, 0.15) is 147 Å². The van der Waals surface area contributed by atoms with Crippen LogP contribution >= 0.6 is 0 Å². The summed E-state index contributed by atoms with van der Waals surface area (Å²) >= 11 is 0. The number of hydrogen-bond donors (Lipinski definition) is 12. The highest BCUT2D eigenvalue weighted by Gasteiger charge is 2.29. The number of hydrogen-bond acceptors (Lipinski definition) is 27. The molecule has 0 aliphatic carbocycles. The molecule has 0 saturated heterocycles. The van der Waals surface area contributed by atoms with Crippen LogP contribution in [0.2, 0.25) is 0 Å². The van der Waals surface area contributed by atoms with Gasteiger partial charge >= 0.3 is 0 Å². The summed E-state index contributed by atoms with van der Waals surface area (Å²) in [6, 6.07) is 29.9. The van der Waals surface area contributed by atoms with E-state index in [0.29, 0.717) is 152 Å². The molecule has 20 rings (SSSR count). The van der Waals surface area contributed by atoms with Crippen LogP contribution < -0.4 is 76.9 Å². The molecule has 10 atom stereocenters. The zero-order valence-electron chi connectivity index (χ0n) is 75.1. The van der Waals surface area contributed by atoms with Crippen molar-refractivity contribution in [1.82, 2.24) is 99.6 Å². The first kappa shape index (κ1) is 92.7. The molecule has 0 spiro atoms. The van der Waals surface area contributed by atoms with Gasteiger partial charge in [0.15, 0.2) is 28.2 Å². The first-order valence-electron chi connectivity index (χ1n) is 44.0. The van der Waals surface area contributed by atoms with Crippen molar-refractivity contribution in [3.8, 4) is 28.7 Å². The van der Waals surface area contributed by atoms with Gasteiger partial charge in [-0.2, -0.15) is 25.5 Å². The third kappa shape index (κ3) is 21.3. The summed E-state index contributed by atoms with van der Waals surface area (Å²) in [5, 5.41) is 73.4. The van der Waals surface area contributed by atoms with Crippen molar-refractivity contribution < 1.29 is 60.2 Å². The molecule has 15 heterocycles. The summed E-state index contributed by atoms with van der Waals surface area (Å²) in [6.07, 6.45) is 17.2. The van der Waals surface area contributed by atoms with E-state index in [1.807, 2.05) is 59.1 Å². The molecule has 700 valence electrons. The standard InChI is InChI=1S/2C20H22FN5O.C19H19F2N5O.2C19H20FN5O2/c2*1-4-15-10-22-12(2)17-11-23-26-8-7-19(25-20(17)26)24-13(3)16-9-14(21)5-6-18(16)27-15;1-11-16-10-23-26-6-5-18(25-19(16)26)24-12(2)15-7-13(21)3-4-17(15)27-14(8-20)9-22-11;2*1-11-16-9-22-25-6-5-18(24-19(16)25)23-12(2)15-7-13(20)3-4-17(15)27-14(10-26)8-21-11/h2*5-9,11,13,15,22H,2,4,10H2,1,3H3,(H,24,25);3-7,10,12,14,22H,1,8-9H2,2H3,(H,24,25);2*3-7,9,12,14,21,26H,1,8,10H2,2H3,(H,23,24)/t13-,15+;13-,15-;2*12-,14+;12-,14-/m11111/s1. The summed E-state index contributed by atoms with van der Waals surface area (Å²) in [4.78, 5) is 23.2. The van der Waals surface area contributed by atoms with E-state index in [2.05, 4.69) is 150 Å². The molecule has 15 aromatic rings. The van der Waals surface area contributed by atoms with Crippen LogP contribution in [-0.4, -0.2) is 166 Å². The van der Waals surface area contributed by atoms with E-state index >= 15 is 0 Å². The fourth-order valence-corrected chi connectivity index (χ4v) is 15.6. The largest absolute Gasteiger partial charge is 0.488 e. The Kier molecular flexibility index (Phi) is 28.2. The van der Waals surface area contributed by atoms with Crippen LogP contribution in [0.5, 0.6) is 28.7 Å². The van der Waals surface area contributed by atoms with Crippen LogP contribution in [0, 0.1) is 29.1 Å². The zero-order chi connectivity index (χ0) is 94.8. The molecular formula is C97H103F6N25O7. The molecule has 135 heavy (non-hydrogen) atoms. The van der Waals surface area contributed by atoms with Gasteiger partial charge in [-0.15, -0.1) is 0 Å². The predicted molar refractivity (Wildman–Crippen MR) is 505 cm³/mol. The summed E-state index contributed by atoms with van der Waals surface area (Å²) in [6.45, 7) is 34.9. The molecule has 0 saturated carbocycles. The van der Waals surface area contributed by atoms with Gasteiger partial charge in [0.05, 0.1) is 135 Å². The number of aliphatic hydroxyl groups is 2. The van der Waals surface area contributed by atoms with E-state index in [0.717, 1.165) is 57.6 Å². The lowest BCUT2D eigenvalue weighted by molar-refractivity contribution is 0.116. The smallest absolute Gasteiger partial charge is 0.166 e. The number of anilines is 5. The number of ether oxygens (including phenoxy) is 5. The Morgan fingerprint density at radius 3 is 0.719 bits per heavy atom. The van der Waals surface area contributed by atoms with Crippen molar-refractivity contribution in [2.45, 2.75) is 122 Å². The minimum absolute atomic E-state index is 0.0824. The monoisotopic (exact) mass is 1840 g/mol. The normalized spacial score (nSPS) is 19.9. The lowest BCUT2D eigenvalue weighted by atomic mass is 10.1. The number of fused-ring (bicyclic) bond motifs is 10. The molecule has 38 heteroatoms. The number of rotatable bonds is 5. The topological polar surface area (TPSA) is 358 Å². The van der Waals surface area contributed by atoms with Crippen LogP contribution in [0.3, 0.4) is 0 Å². The summed E-state index contributed by atoms with van der Waals surface area (Å²) in [5.41, 5.74) is 13.9. The van der Waals surface area contributed by atoms with Gasteiger partial charge in [0.1, 0.15) is 124 Å². The maximum atomic E-state index is 13.9. The highest BCUT2D eigenvalue weighted by Crippen LogP contribution is 2.38. The second-order valence-corrected chi connectivity index (χ2v) is 32.8. The van der Waals surface area contributed by atoms with Crippen molar-refractivity contribution in [3.05, 3.63) is 301 Å². The number of alkyl halides is 1. The van der Waals surface area contributed by atoms with E-state index in [1.54, 1.807) is 115 Å². The minimum atomic E-state index is -0.749. The lowest BCUT2D eigenvalue weighted by Gasteiger charge is -2.23. The Balaban J connectivity index is 0.000000123. The molecule has 0 unspecified atom stereocenters. The van der Waals surface area contributed by atoms with Crippen molar-refractivity contribution in [2.24, 2.45) is 0 Å². The van der Waals surface area contributed by atoms with Crippen molar-refractivity contribution in [3.63, 3.8) is 0 Å². The van der Waals surface area contributed by atoms with Gasteiger partial charge in [-0.3, -0.25) is 0 Å². The Hall–Kier alpha value is -15.6. The molecular weight excluding hydrogens is 1740 g/mol. The van der Waals surface area contributed by atoms with Crippen molar-refractivity contribution in [1.29, 1.82) is 0 Å². The van der Waals surface area contributed by atoms with Gasteiger partial charge in [-0.25, -0.2) is 73.8 Å². The summed E-state index contributed by atoms with van der Waals surface area (Å²) in [5.74, 6) is 4.26. The number of nitrogens with one attached hydrogen (secondary N) is 10. The maximum Gasteiger partial charge on any atom is 0.166 e. The van der Waals surface area contributed by atoms with Crippen LogP contribution in [0.15, 0.2) is 216 Å². The molecule has 5 aliphatic heterocycles. The van der Waals surface area contributed by atoms with Crippen LogP contribution in [0.4, 0.5) is 55.4 Å². The van der Waals surface area contributed by atoms with E-state index in [9.17, 15) is 36.6 Å². The molecule has 5 aromatic carbocycles. The first-order chi connectivity index (χ1) is 65.2. The third-order valence-corrected chi connectivity index (χ3v) is 23.2. The van der Waals surface area contributed by atoms with Crippen molar-refractivity contribution in [2.75, 3.05) is 79.2 Å². The first-order valence-corrected chi connectivity index (χ1v) is 44.0. The van der Waals surface area contributed by atoms with Gasteiger partial charge < -0.3 is 87.1 Å². The van der Waals surface area contributed by atoms with Gasteiger partial charge in [-0.1, -0.05) is 46.7 Å². The zero-order valence-corrected chi connectivity index (χ0v) is 75.1. The molecule has 10 bridgehead atoms. The number of halogens is 6. The van der Waals surface area contributed by atoms with Crippen LogP contribution in [0.25, 0.3) is 56.7 Å². The van der Waals surface area contributed by atoms with E-state index in [1.165, 1.54) is 66.7 Å². The molecule has 32 nitrogen and oxygen atoms in total. The fraction of sp³-hybridized carbons (Fsp3) is 0.278. The molecule has 12 N–H and O–H groups in total. The van der Waals surface area contributed by atoms with E-state index in [-0.39, 0.29) is 91.3 Å². The maximum absolute atomic E-state index is 13.9. The average Bonchev–Trinajstić information content (AvgIpc) is 1.67. The van der Waals surface area contributed by atoms with E-state index in [4.69, 9.17) is 23.7 Å². The summed E-state index contributed by atoms with van der Waals surface area (Å²) in [7, 11) is 0. The number of benzene rings is 5. The Morgan fingerprint density at radius 1 is 0.311 bits per heavy atom. The van der Waals surface area contributed by atoms with Gasteiger partial charge in [0.2, 0.25) is 0 Å². The second kappa shape index (κ2) is 41.0. The fourth-order valence-electron chi connectivity index (χ4n) is 15.6. The highest BCUT2D eigenvalue weighted by molar-refractivity contribution is 5.78. The molecule has 10 aromatic heterocycles. The van der Waals surface area contributed by atoms with E-state index < -0.39 is 25.0 Å². The lowest BCUT2D eigenvalue weighted by Crippen LogP contribution is -2.33. The predicted octanol–water partition coefficient (Wildman–Crippen LogP) is 15.6. The van der Waals surface area contributed by atoms with Crippen LogP contribution in [-0.2, 0) is 0 Å². The third-order valence-electron chi connectivity index (χ3n) is 23.2. The molecule has 0 radical (unpaired) electrons. The Bertz CT molecular complexity index is 5950. The number of aromatic nitrogens is 15. The van der Waals surface area contributed by atoms with Gasteiger partial charge in [0.25, 0.3) is 0 Å². The molecule has 5 aliphatic rings. The molecule has 0 fully saturated rings. The number of nitrogens with zero attached hydrogens (tertiary/aromatic N) is 15. The Morgan fingerprint density at radius 2 is 0.511 bits per heavy atom. The summed E-state index contributed by atoms with van der Waals surface area (Å²) < 4.78 is 121. The quantitative estimate of drug-likeness (QED) is 0.0712. The van der Waals surface area contributed by atoms with Gasteiger partial charge in [0, 0.05) is 87.3 Å². The highest BCUT2D eigenvalue weighted by atomic mass is 19.1.